The Hall–Kier alpha value is -0.750. The van der Waals surface area contributed by atoms with E-state index in [1.807, 2.05) is 0 Å². The van der Waals surface area contributed by atoms with Crippen molar-refractivity contribution in [3.8, 4) is 0 Å². The standard InChI is InChI=1S/C6H10O5S/c1-3(2-4(7)8)5(9)6(10)11-12/h3,5,9,12H,2H2,1H3,(H,7,8). The van der Waals surface area contributed by atoms with Gasteiger partial charge in [0.1, 0.15) is 0 Å². The highest BCUT2D eigenvalue weighted by Crippen LogP contribution is 2.09. The first kappa shape index (κ1) is 11.2. The average Bonchev–Trinajstić information content (AvgIpc) is 2.00. The van der Waals surface area contributed by atoms with Crippen molar-refractivity contribution in [3.05, 3.63) is 0 Å². The second-order valence-electron chi connectivity index (χ2n) is 2.43. The fourth-order valence-electron chi connectivity index (χ4n) is 0.673. The number of thiol groups is 1. The maximum Gasteiger partial charge on any atom is 0.347 e. The number of aliphatic hydroxyl groups is 1. The molecule has 6 heteroatoms. The number of aliphatic carboxylic acids is 1. The van der Waals surface area contributed by atoms with Crippen molar-refractivity contribution in [1.82, 2.24) is 0 Å². The molecule has 0 aliphatic heterocycles. The normalized spacial score (nSPS) is 14.9. The lowest BCUT2D eigenvalue weighted by Gasteiger charge is -2.13. The quantitative estimate of drug-likeness (QED) is 0.428. The lowest BCUT2D eigenvalue weighted by molar-refractivity contribution is -0.147. The van der Waals surface area contributed by atoms with Gasteiger partial charge in [-0.2, -0.15) is 0 Å². The van der Waals surface area contributed by atoms with Gasteiger partial charge < -0.3 is 14.4 Å². The summed E-state index contributed by atoms with van der Waals surface area (Å²) < 4.78 is 3.93. The summed E-state index contributed by atoms with van der Waals surface area (Å²) in [6, 6.07) is 0. The van der Waals surface area contributed by atoms with Crippen LogP contribution in [0.3, 0.4) is 0 Å². The summed E-state index contributed by atoms with van der Waals surface area (Å²) >= 11 is 3.18. The Kier molecular flexibility index (Phi) is 4.68. The molecule has 70 valence electrons. The number of aliphatic hydroxyl groups excluding tert-OH is 1. The first-order valence-electron chi connectivity index (χ1n) is 3.24. The molecule has 5 nitrogen and oxygen atoms in total. The number of hydrogen-bond acceptors (Lipinski definition) is 5. The van der Waals surface area contributed by atoms with Gasteiger partial charge in [0.15, 0.2) is 6.10 Å². The zero-order valence-electron chi connectivity index (χ0n) is 6.43. The number of carboxylic acid groups (broad SMARTS) is 1. The lowest BCUT2D eigenvalue weighted by Crippen LogP contribution is -2.29. The van der Waals surface area contributed by atoms with E-state index >= 15 is 0 Å². The Morgan fingerprint density at radius 2 is 2.08 bits per heavy atom. The molecule has 2 unspecified atom stereocenters. The van der Waals surface area contributed by atoms with E-state index in [4.69, 9.17) is 10.2 Å². The largest absolute Gasteiger partial charge is 0.481 e. The van der Waals surface area contributed by atoms with Crippen LogP contribution in [0, 0.1) is 5.92 Å². The van der Waals surface area contributed by atoms with Crippen LogP contribution >= 0.6 is 12.9 Å². The summed E-state index contributed by atoms with van der Waals surface area (Å²) in [7, 11) is 0. The Labute approximate surface area is 75.0 Å². The molecule has 0 aromatic heterocycles. The second kappa shape index (κ2) is 5.00. The number of carbonyl (C=O) groups excluding carboxylic acids is 1. The summed E-state index contributed by atoms with van der Waals surface area (Å²) in [5, 5.41) is 17.4. The third kappa shape index (κ3) is 3.59. The molecule has 0 radical (unpaired) electrons. The highest BCUT2D eigenvalue weighted by Gasteiger charge is 2.25. The van der Waals surface area contributed by atoms with Gasteiger partial charge in [0.25, 0.3) is 0 Å². The Balaban J connectivity index is 4.00. The number of carbonyl (C=O) groups is 2. The van der Waals surface area contributed by atoms with E-state index in [1.54, 1.807) is 0 Å². The van der Waals surface area contributed by atoms with Gasteiger partial charge in [0, 0.05) is 18.8 Å². The van der Waals surface area contributed by atoms with E-state index in [0.29, 0.717) is 0 Å². The van der Waals surface area contributed by atoms with E-state index in [1.165, 1.54) is 6.92 Å². The van der Waals surface area contributed by atoms with Gasteiger partial charge >= 0.3 is 11.9 Å². The van der Waals surface area contributed by atoms with Gasteiger partial charge in [-0.1, -0.05) is 6.92 Å². The molecule has 0 fully saturated rings. The molecule has 2 atom stereocenters. The molecule has 0 aromatic rings. The van der Waals surface area contributed by atoms with Crippen molar-refractivity contribution in [2.75, 3.05) is 0 Å². The zero-order valence-corrected chi connectivity index (χ0v) is 7.32. The van der Waals surface area contributed by atoms with Crippen molar-refractivity contribution in [2.45, 2.75) is 19.4 Å². The molecule has 0 aliphatic carbocycles. The predicted molar refractivity (Wildman–Crippen MR) is 42.5 cm³/mol. The van der Waals surface area contributed by atoms with E-state index in [2.05, 4.69) is 17.1 Å². The highest BCUT2D eigenvalue weighted by atomic mass is 32.1. The molecule has 0 amide bonds. The molecule has 0 saturated heterocycles. The monoisotopic (exact) mass is 194 g/mol. The van der Waals surface area contributed by atoms with Crippen LogP contribution in [-0.2, 0) is 13.8 Å². The van der Waals surface area contributed by atoms with E-state index in [-0.39, 0.29) is 6.42 Å². The molecule has 0 heterocycles. The van der Waals surface area contributed by atoms with Crippen LogP contribution in [0.2, 0.25) is 0 Å². The molecule has 2 N–H and O–H groups in total. The van der Waals surface area contributed by atoms with Crippen LogP contribution in [0.5, 0.6) is 0 Å². The summed E-state index contributed by atoms with van der Waals surface area (Å²) in [6.07, 6.45) is -1.72. The predicted octanol–water partition coefficient (Wildman–Crippen LogP) is -0.154. The molecule has 0 spiro atoms. The Morgan fingerprint density at radius 1 is 1.58 bits per heavy atom. The molecular weight excluding hydrogens is 184 g/mol. The van der Waals surface area contributed by atoms with E-state index in [0.717, 1.165) is 0 Å². The fourth-order valence-corrected chi connectivity index (χ4v) is 0.781. The van der Waals surface area contributed by atoms with Crippen molar-refractivity contribution in [1.29, 1.82) is 0 Å². The number of hydrogen-bond donors (Lipinski definition) is 3. The van der Waals surface area contributed by atoms with Gasteiger partial charge in [-0.3, -0.25) is 4.79 Å². The van der Waals surface area contributed by atoms with Crippen LogP contribution in [-0.4, -0.2) is 28.3 Å². The molecule has 0 rings (SSSR count). The van der Waals surface area contributed by atoms with Crippen molar-refractivity contribution in [3.63, 3.8) is 0 Å². The van der Waals surface area contributed by atoms with Crippen LogP contribution in [0.1, 0.15) is 13.3 Å². The van der Waals surface area contributed by atoms with Gasteiger partial charge in [-0.15, -0.1) is 0 Å². The van der Waals surface area contributed by atoms with Gasteiger partial charge in [-0.25, -0.2) is 4.79 Å². The van der Waals surface area contributed by atoms with Gasteiger partial charge in [0.2, 0.25) is 0 Å². The maximum absolute atomic E-state index is 10.6. The molecule has 0 bridgehead atoms. The van der Waals surface area contributed by atoms with Crippen LogP contribution in [0.4, 0.5) is 0 Å². The van der Waals surface area contributed by atoms with Crippen molar-refractivity contribution < 1.29 is 24.0 Å². The van der Waals surface area contributed by atoms with Crippen LogP contribution in [0.15, 0.2) is 0 Å². The zero-order chi connectivity index (χ0) is 9.72. The number of carboxylic acids is 1. The van der Waals surface area contributed by atoms with Crippen LogP contribution in [0.25, 0.3) is 0 Å². The minimum atomic E-state index is -1.43. The van der Waals surface area contributed by atoms with Gasteiger partial charge in [-0.05, 0) is 0 Å². The molecular formula is C6H10O5S. The first-order chi connectivity index (χ1) is 5.49. The second-order valence-corrected chi connectivity index (χ2v) is 2.61. The SMILES string of the molecule is CC(CC(=O)O)C(O)C(=O)OS. The minimum absolute atomic E-state index is 0.288. The Bertz CT molecular complexity index is 181. The third-order valence-corrected chi connectivity index (χ3v) is 1.55. The molecule has 0 aliphatic rings. The fraction of sp³-hybridized carbons (Fsp3) is 0.667. The maximum atomic E-state index is 10.6. The third-order valence-electron chi connectivity index (χ3n) is 1.37. The Morgan fingerprint density at radius 3 is 2.42 bits per heavy atom. The van der Waals surface area contributed by atoms with E-state index in [9.17, 15) is 9.59 Å². The van der Waals surface area contributed by atoms with Gasteiger partial charge in [0.05, 0.1) is 6.42 Å². The van der Waals surface area contributed by atoms with Crippen molar-refractivity contribution in [2.24, 2.45) is 5.92 Å². The average molecular weight is 194 g/mol. The highest BCUT2D eigenvalue weighted by molar-refractivity contribution is 7.75. The lowest BCUT2D eigenvalue weighted by atomic mass is 10.0. The molecule has 0 saturated carbocycles. The summed E-state index contributed by atoms with van der Waals surface area (Å²) in [4.78, 5) is 20.7. The summed E-state index contributed by atoms with van der Waals surface area (Å²) in [5.74, 6) is -2.69. The van der Waals surface area contributed by atoms with Crippen LogP contribution < -0.4 is 0 Å². The number of rotatable bonds is 4. The molecule has 12 heavy (non-hydrogen) atoms. The minimum Gasteiger partial charge on any atom is -0.481 e. The smallest absolute Gasteiger partial charge is 0.347 e. The summed E-state index contributed by atoms with van der Waals surface area (Å²) in [5.41, 5.74) is 0. The first-order valence-corrected chi connectivity index (χ1v) is 3.60. The summed E-state index contributed by atoms with van der Waals surface area (Å²) in [6.45, 7) is 1.43. The molecule has 0 aromatic carbocycles. The topological polar surface area (TPSA) is 83.8 Å². The van der Waals surface area contributed by atoms with E-state index < -0.39 is 24.0 Å². The van der Waals surface area contributed by atoms with Crippen molar-refractivity contribution >= 4 is 24.8 Å².